The number of fused-ring (bicyclic) bond motifs is 3. The van der Waals surface area contributed by atoms with Crippen LogP contribution in [0, 0.1) is 0 Å². The van der Waals surface area contributed by atoms with E-state index in [0.29, 0.717) is 28.6 Å². The maximum Gasteiger partial charge on any atom is 0.357 e. The van der Waals surface area contributed by atoms with Crippen molar-refractivity contribution in [3.8, 4) is 22.9 Å². The molecular formula is C25H20N4O5S. The van der Waals surface area contributed by atoms with E-state index in [0.717, 1.165) is 45.0 Å². The van der Waals surface area contributed by atoms with E-state index >= 15 is 0 Å². The second-order valence-corrected chi connectivity index (χ2v) is 8.29. The number of methoxy groups -OCH3 is 1. The molecule has 0 fully saturated rings. The molecule has 1 aliphatic rings. The van der Waals surface area contributed by atoms with Crippen LogP contribution in [0.5, 0.6) is 17.2 Å². The van der Waals surface area contributed by atoms with Gasteiger partial charge >= 0.3 is 5.97 Å². The highest BCUT2D eigenvalue weighted by Gasteiger charge is 2.27. The van der Waals surface area contributed by atoms with Crippen LogP contribution in [0.1, 0.15) is 17.4 Å². The summed E-state index contributed by atoms with van der Waals surface area (Å²) >= 11 is 1.14. The predicted octanol–water partition coefficient (Wildman–Crippen LogP) is 5.29. The molecule has 0 atom stereocenters. The van der Waals surface area contributed by atoms with Gasteiger partial charge in [-0.2, -0.15) is 8.75 Å². The molecule has 10 heteroatoms. The van der Waals surface area contributed by atoms with Crippen LogP contribution in [0.4, 0.5) is 11.4 Å². The lowest BCUT2D eigenvalue weighted by Crippen LogP contribution is -2.13. The summed E-state index contributed by atoms with van der Waals surface area (Å²) in [5.41, 5.74) is 4.66. The molecule has 1 N–H and O–H groups in total. The predicted molar refractivity (Wildman–Crippen MR) is 133 cm³/mol. The Morgan fingerprint density at radius 2 is 2.00 bits per heavy atom. The van der Waals surface area contributed by atoms with Crippen molar-refractivity contribution in [3.05, 3.63) is 60.3 Å². The number of anilines is 2. The second kappa shape index (κ2) is 8.48. The van der Waals surface area contributed by atoms with Gasteiger partial charge in [0.15, 0.2) is 17.2 Å². The minimum absolute atomic E-state index is 0.155. The maximum atomic E-state index is 13.4. The zero-order valence-electron chi connectivity index (χ0n) is 18.9. The fourth-order valence-corrected chi connectivity index (χ4v) is 4.80. The molecule has 5 aromatic rings. The zero-order valence-corrected chi connectivity index (χ0v) is 19.7. The van der Waals surface area contributed by atoms with Gasteiger partial charge in [-0.25, -0.2) is 4.79 Å². The molecule has 0 saturated heterocycles. The number of esters is 1. The van der Waals surface area contributed by atoms with Gasteiger partial charge < -0.3 is 28.8 Å². The van der Waals surface area contributed by atoms with Crippen LogP contribution in [0.25, 0.3) is 27.6 Å². The summed E-state index contributed by atoms with van der Waals surface area (Å²) in [4.78, 5) is 13.4. The normalized spacial score (nSPS) is 12.3. The lowest BCUT2D eigenvalue weighted by molar-refractivity contribution is 0.0518. The number of carbonyl (C=O) groups is 1. The van der Waals surface area contributed by atoms with E-state index in [2.05, 4.69) is 14.1 Å². The first-order chi connectivity index (χ1) is 17.2. The minimum atomic E-state index is -0.466. The number of aromatic nitrogens is 3. The summed E-state index contributed by atoms with van der Waals surface area (Å²) in [5, 5.41) is 4.26. The zero-order chi connectivity index (χ0) is 23.9. The Bertz CT molecular complexity index is 1590. The first kappa shape index (κ1) is 21.2. The molecule has 3 heterocycles. The smallest absolute Gasteiger partial charge is 0.357 e. The molecule has 0 unspecified atom stereocenters. The third-order valence-electron chi connectivity index (χ3n) is 5.80. The second-order valence-electron chi connectivity index (χ2n) is 7.76. The summed E-state index contributed by atoms with van der Waals surface area (Å²) < 4.78 is 32.7. The Morgan fingerprint density at radius 3 is 2.86 bits per heavy atom. The highest BCUT2D eigenvalue weighted by molar-refractivity contribution is 7.00. The van der Waals surface area contributed by atoms with Crippen LogP contribution < -0.4 is 19.5 Å². The van der Waals surface area contributed by atoms with E-state index < -0.39 is 5.97 Å². The number of carbonyl (C=O) groups excluding carboxylic acids is 1. The van der Waals surface area contributed by atoms with Gasteiger partial charge in [-0.05, 0) is 43.3 Å². The van der Waals surface area contributed by atoms with Crippen molar-refractivity contribution < 1.29 is 23.7 Å². The van der Waals surface area contributed by atoms with Crippen molar-refractivity contribution in [1.82, 2.24) is 13.3 Å². The first-order valence-electron chi connectivity index (χ1n) is 11.0. The Balaban J connectivity index is 1.64. The molecule has 0 bridgehead atoms. The van der Waals surface area contributed by atoms with Gasteiger partial charge in [-0.1, -0.05) is 6.07 Å². The average molecular weight is 489 g/mol. The number of nitrogens with zero attached hydrogens (tertiary/aromatic N) is 3. The van der Waals surface area contributed by atoms with Crippen molar-refractivity contribution in [1.29, 1.82) is 0 Å². The Hall–Kier alpha value is -4.31. The minimum Gasteiger partial charge on any atom is -0.497 e. The molecule has 6 rings (SSSR count). The monoisotopic (exact) mass is 488 g/mol. The van der Waals surface area contributed by atoms with Gasteiger partial charge in [0, 0.05) is 17.5 Å². The molecule has 0 spiro atoms. The van der Waals surface area contributed by atoms with E-state index in [1.54, 1.807) is 14.0 Å². The van der Waals surface area contributed by atoms with E-state index in [4.69, 9.17) is 18.9 Å². The highest BCUT2D eigenvalue weighted by Crippen LogP contribution is 2.41. The van der Waals surface area contributed by atoms with Crippen molar-refractivity contribution in [2.75, 3.05) is 25.8 Å². The SMILES string of the molecule is CCOC(=O)c1c(Nc2cccc3nsnc23)c2ccc(OC)cc2n1-c1ccc2c(c1)OCO2. The fraction of sp³-hybridized carbons (Fsp3) is 0.160. The molecule has 35 heavy (non-hydrogen) atoms. The van der Waals surface area contributed by atoms with Crippen LogP contribution >= 0.6 is 11.7 Å². The summed E-state index contributed by atoms with van der Waals surface area (Å²) in [7, 11) is 1.61. The van der Waals surface area contributed by atoms with Gasteiger partial charge in [-0.15, -0.1) is 0 Å². The summed E-state index contributed by atoms with van der Waals surface area (Å²) in [6.07, 6.45) is 0. The Kier molecular flexibility index (Phi) is 5.14. The molecule has 0 saturated carbocycles. The van der Waals surface area contributed by atoms with Gasteiger partial charge in [0.1, 0.15) is 16.8 Å². The molecule has 176 valence electrons. The number of nitrogens with one attached hydrogen (secondary N) is 1. The Morgan fingerprint density at radius 1 is 1.11 bits per heavy atom. The summed E-state index contributed by atoms with van der Waals surface area (Å²) in [6.45, 7) is 2.17. The van der Waals surface area contributed by atoms with Gasteiger partial charge in [-0.3, -0.25) is 0 Å². The molecule has 0 aliphatic carbocycles. The topological polar surface area (TPSA) is 96.7 Å². The van der Waals surface area contributed by atoms with E-state index in [9.17, 15) is 4.79 Å². The fourth-order valence-electron chi connectivity index (χ4n) is 4.25. The maximum absolute atomic E-state index is 13.4. The van der Waals surface area contributed by atoms with Crippen LogP contribution in [-0.2, 0) is 4.74 Å². The van der Waals surface area contributed by atoms with E-state index in [1.807, 2.05) is 59.2 Å². The molecular weight excluding hydrogens is 468 g/mol. The van der Waals surface area contributed by atoms with Gasteiger partial charge in [0.05, 0.1) is 48.0 Å². The lowest BCUT2D eigenvalue weighted by Gasteiger charge is -2.13. The molecule has 2 aromatic heterocycles. The van der Waals surface area contributed by atoms with Crippen LogP contribution in [0.15, 0.2) is 54.6 Å². The Labute approximate surface area is 204 Å². The highest BCUT2D eigenvalue weighted by atomic mass is 32.1. The van der Waals surface area contributed by atoms with Gasteiger partial charge in [0.25, 0.3) is 0 Å². The quantitative estimate of drug-likeness (QED) is 0.322. The van der Waals surface area contributed by atoms with E-state index in [1.165, 1.54) is 0 Å². The van der Waals surface area contributed by atoms with Gasteiger partial charge in [0.2, 0.25) is 6.79 Å². The number of ether oxygens (including phenoxy) is 4. The number of hydrogen-bond acceptors (Lipinski definition) is 9. The summed E-state index contributed by atoms with van der Waals surface area (Å²) in [6, 6.07) is 16.9. The van der Waals surface area contributed by atoms with Crippen molar-refractivity contribution in [2.24, 2.45) is 0 Å². The number of hydrogen-bond donors (Lipinski definition) is 1. The standard InChI is InChI=1S/C25H20N4O5S/c1-3-32-25(30)24-22(26-17-5-4-6-18-23(17)28-35-27-18)16-9-8-15(31-2)12-19(16)29(24)14-7-10-20-21(11-14)34-13-33-20/h4-12,26H,3,13H2,1-2H3. The molecule has 9 nitrogen and oxygen atoms in total. The third kappa shape index (κ3) is 3.50. The largest absolute Gasteiger partial charge is 0.497 e. The van der Waals surface area contributed by atoms with Crippen LogP contribution in [-0.4, -0.2) is 39.8 Å². The van der Waals surface area contributed by atoms with Crippen molar-refractivity contribution in [2.45, 2.75) is 6.92 Å². The lowest BCUT2D eigenvalue weighted by atomic mass is 10.2. The average Bonchev–Trinajstić information content (AvgIpc) is 3.61. The van der Waals surface area contributed by atoms with Crippen LogP contribution in [0.2, 0.25) is 0 Å². The number of rotatable bonds is 6. The third-order valence-corrected chi connectivity index (χ3v) is 6.35. The van der Waals surface area contributed by atoms with Crippen molar-refractivity contribution in [3.63, 3.8) is 0 Å². The molecule has 1 aliphatic heterocycles. The molecule has 3 aromatic carbocycles. The first-order valence-corrected chi connectivity index (χ1v) is 11.7. The number of benzene rings is 3. The molecule has 0 amide bonds. The van der Waals surface area contributed by atoms with E-state index in [-0.39, 0.29) is 13.4 Å². The summed E-state index contributed by atoms with van der Waals surface area (Å²) in [5.74, 6) is 1.45. The van der Waals surface area contributed by atoms with Crippen molar-refractivity contribution >= 4 is 51.0 Å². The van der Waals surface area contributed by atoms with Crippen LogP contribution in [0.3, 0.4) is 0 Å². The molecule has 0 radical (unpaired) electrons.